The lowest BCUT2D eigenvalue weighted by Crippen LogP contribution is -2.47. The highest BCUT2D eigenvalue weighted by Crippen LogP contribution is 2.36. The van der Waals surface area contributed by atoms with E-state index >= 15 is 0 Å². The second-order valence-electron chi connectivity index (χ2n) is 5.65. The summed E-state index contributed by atoms with van der Waals surface area (Å²) < 4.78 is 0. The summed E-state index contributed by atoms with van der Waals surface area (Å²) >= 11 is 0. The van der Waals surface area contributed by atoms with Gasteiger partial charge in [0.1, 0.15) is 0 Å². The summed E-state index contributed by atoms with van der Waals surface area (Å²) in [5, 5.41) is 3.49. The van der Waals surface area contributed by atoms with Crippen molar-refractivity contribution in [1.29, 1.82) is 0 Å². The summed E-state index contributed by atoms with van der Waals surface area (Å²) in [7, 11) is 0. The van der Waals surface area contributed by atoms with Gasteiger partial charge in [-0.2, -0.15) is 0 Å². The lowest BCUT2D eigenvalue weighted by molar-refractivity contribution is 0.197. The predicted molar refractivity (Wildman–Crippen MR) is 55.8 cm³/mol. The largest absolute Gasteiger partial charge is 0.314 e. The van der Waals surface area contributed by atoms with Crippen molar-refractivity contribution in [1.82, 2.24) is 10.2 Å². The lowest BCUT2D eigenvalue weighted by atomic mass is 9.79. The Labute approximate surface area is 81.7 Å². The molecule has 2 nitrogen and oxygen atoms in total. The van der Waals surface area contributed by atoms with Crippen LogP contribution in [0.15, 0.2) is 0 Å². The highest BCUT2D eigenvalue weighted by atomic mass is 15.2. The van der Waals surface area contributed by atoms with Crippen LogP contribution >= 0.6 is 0 Å². The van der Waals surface area contributed by atoms with E-state index in [1.807, 2.05) is 0 Å². The minimum Gasteiger partial charge on any atom is -0.314 e. The minimum atomic E-state index is 0.497. The Hall–Kier alpha value is -0.0800. The fourth-order valence-electron chi connectivity index (χ4n) is 2.59. The summed E-state index contributed by atoms with van der Waals surface area (Å²) in [5.74, 6) is 0.900. The highest BCUT2D eigenvalue weighted by Gasteiger charge is 2.38. The molecule has 0 aromatic rings. The molecule has 13 heavy (non-hydrogen) atoms. The van der Waals surface area contributed by atoms with Gasteiger partial charge >= 0.3 is 0 Å². The summed E-state index contributed by atoms with van der Waals surface area (Å²) in [6.07, 6.45) is 1.40. The van der Waals surface area contributed by atoms with Crippen LogP contribution in [0.5, 0.6) is 0 Å². The number of fused-ring (bicyclic) bond motifs is 1. The molecule has 0 bridgehead atoms. The van der Waals surface area contributed by atoms with E-state index in [0.717, 1.165) is 12.0 Å². The SMILES string of the molecule is CC(C)(C)C1CC2CNCCN2C1. The third-order valence-corrected chi connectivity index (χ3v) is 3.71. The second-order valence-corrected chi connectivity index (χ2v) is 5.65. The van der Waals surface area contributed by atoms with Crippen molar-refractivity contribution < 1.29 is 0 Å². The van der Waals surface area contributed by atoms with Crippen LogP contribution in [0.2, 0.25) is 0 Å². The number of rotatable bonds is 0. The molecule has 76 valence electrons. The molecular weight excluding hydrogens is 160 g/mol. The maximum Gasteiger partial charge on any atom is 0.0224 e. The summed E-state index contributed by atoms with van der Waals surface area (Å²) in [6.45, 7) is 12.1. The molecule has 2 saturated heterocycles. The van der Waals surface area contributed by atoms with Gasteiger partial charge in [0.15, 0.2) is 0 Å². The van der Waals surface area contributed by atoms with Crippen LogP contribution in [0.25, 0.3) is 0 Å². The predicted octanol–water partition coefficient (Wildman–Crippen LogP) is 1.33. The average Bonchev–Trinajstić information content (AvgIpc) is 2.45. The van der Waals surface area contributed by atoms with E-state index in [1.165, 1.54) is 32.6 Å². The third kappa shape index (κ3) is 1.89. The maximum atomic E-state index is 3.49. The smallest absolute Gasteiger partial charge is 0.0224 e. The molecule has 2 aliphatic rings. The Morgan fingerprint density at radius 2 is 2.08 bits per heavy atom. The molecule has 2 aliphatic heterocycles. The Bertz CT molecular complexity index is 169. The number of hydrogen-bond acceptors (Lipinski definition) is 2. The van der Waals surface area contributed by atoms with Crippen LogP contribution in [0, 0.1) is 11.3 Å². The lowest BCUT2D eigenvalue weighted by Gasteiger charge is -2.29. The maximum absolute atomic E-state index is 3.49. The van der Waals surface area contributed by atoms with Crippen molar-refractivity contribution in [2.24, 2.45) is 11.3 Å². The Morgan fingerprint density at radius 1 is 1.31 bits per heavy atom. The molecule has 0 spiro atoms. The molecule has 0 aromatic carbocycles. The van der Waals surface area contributed by atoms with Crippen molar-refractivity contribution in [2.45, 2.75) is 33.2 Å². The molecule has 0 aliphatic carbocycles. The normalized spacial score (nSPS) is 36.2. The molecule has 1 N–H and O–H groups in total. The topological polar surface area (TPSA) is 15.3 Å². The number of piperazine rings is 1. The first-order valence-electron chi connectivity index (χ1n) is 5.52. The van der Waals surface area contributed by atoms with E-state index in [9.17, 15) is 0 Å². The van der Waals surface area contributed by atoms with Crippen LogP contribution in [0.3, 0.4) is 0 Å². The monoisotopic (exact) mass is 182 g/mol. The summed E-state index contributed by atoms with van der Waals surface area (Å²) in [4.78, 5) is 2.67. The first-order valence-corrected chi connectivity index (χ1v) is 5.52. The van der Waals surface area contributed by atoms with Crippen molar-refractivity contribution >= 4 is 0 Å². The van der Waals surface area contributed by atoms with Gasteiger partial charge in [-0.15, -0.1) is 0 Å². The van der Waals surface area contributed by atoms with Gasteiger partial charge in [-0.1, -0.05) is 20.8 Å². The van der Waals surface area contributed by atoms with Crippen LogP contribution < -0.4 is 5.32 Å². The van der Waals surface area contributed by atoms with Gasteiger partial charge in [-0.3, -0.25) is 4.90 Å². The van der Waals surface area contributed by atoms with E-state index in [0.29, 0.717) is 5.41 Å². The van der Waals surface area contributed by atoms with Gasteiger partial charge in [0, 0.05) is 32.2 Å². The molecular formula is C11H22N2. The standard InChI is InChI=1S/C11H22N2/c1-11(2,3)9-6-10-7-12-4-5-13(10)8-9/h9-10,12H,4-8H2,1-3H3. The van der Waals surface area contributed by atoms with E-state index in [1.54, 1.807) is 0 Å². The fraction of sp³-hybridized carbons (Fsp3) is 1.00. The van der Waals surface area contributed by atoms with E-state index in [-0.39, 0.29) is 0 Å². The highest BCUT2D eigenvalue weighted by molar-refractivity contribution is 4.93. The van der Waals surface area contributed by atoms with Crippen LogP contribution in [0.1, 0.15) is 27.2 Å². The summed E-state index contributed by atoms with van der Waals surface area (Å²) in [6, 6.07) is 0.831. The Balaban J connectivity index is 1.99. The molecule has 0 aromatic heterocycles. The van der Waals surface area contributed by atoms with Crippen LogP contribution in [-0.4, -0.2) is 37.1 Å². The molecule has 0 amide bonds. The molecule has 2 rings (SSSR count). The third-order valence-electron chi connectivity index (χ3n) is 3.71. The van der Waals surface area contributed by atoms with Gasteiger partial charge in [0.05, 0.1) is 0 Å². The van der Waals surface area contributed by atoms with Crippen LogP contribution in [-0.2, 0) is 0 Å². The molecule has 2 heterocycles. The first kappa shape index (κ1) is 9.47. The van der Waals surface area contributed by atoms with E-state index in [4.69, 9.17) is 0 Å². The van der Waals surface area contributed by atoms with Crippen molar-refractivity contribution in [3.05, 3.63) is 0 Å². The zero-order chi connectivity index (χ0) is 9.47. The van der Waals surface area contributed by atoms with Gasteiger partial charge < -0.3 is 5.32 Å². The van der Waals surface area contributed by atoms with Gasteiger partial charge in [0.25, 0.3) is 0 Å². The number of nitrogens with zero attached hydrogens (tertiary/aromatic N) is 1. The number of nitrogens with one attached hydrogen (secondary N) is 1. The van der Waals surface area contributed by atoms with Crippen molar-refractivity contribution in [3.63, 3.8) is 0 Å². The van der Waals surface area contributed by atoms with Crippen molar-refractivity contribution in [3.8, 4) is 0 Å². The summed E-state index contributed by atoms with van der Waals surface area (Å²) in [5.41, 5.74) is 0.497. The molecule has 2 fully saturated rings. The second kappa shape index (κ2) is 3.25. The fourth-order valence-corrected chi connectivity index (χ4v) is 2.59. The molecule has 0 saturated carbocycles. The molecule has 2 heteroatoms. The zero-order valence-corrected chi connectivity index (χ0v) is 9.14. The van der Waals surface area contributed by atoms with Gasteiger partial charge in [-0.05, 0) is 17.8 Å². The Kier molecular flexibility index (Phi) is 2.37. The van der Waals surface area contributed by atoms with E-state index in [2.05, 4.69) is 31.0 Å². The Morgan fingerprint density at radius 3 is 2.69 bits per heavy atom. The molecule has 0 radical (unpaired) electrons. The average molecular weight is 182 g/mol. The minimum absolute atomic E-state index is 0.497. The quantitative estimate of drug-likeness (QED) is 0.608. The molecule has 2 atom stereocenters. The zero-order valence-electron chi connectivity index (χ0n) is 9.14. The van der Waals surface area contributed by atoms with Gasteiger partial charge in [-0.25, -0.2) is 0 Å². The first-order chi connectivity index (χ1) is 6.07. The van der Waals surface area contributed by atoms with Crippen molar-refractivity contribution in [2.75, 3.05) is 26.2 Å². The molecule has 2 unspecified atom stereocenters. The van der Waals surface area contributed by atoms with Gasteiger partial charge in [0.2, 0.25) is 0 Å². The van der Waals surface area contributed by atoms with E-state index < -0.39 is 0 Å². The number of hydrogen-bond donors (Lipinski definition) is 1. The van der Waals surface area contributed by atoms with Crippen LogP contribution in [0.4, 0.5) is 0 Å².